The lowest BCUT2D eigenvalue weighted by molar-refractivity contribution is -0.124. The Kier molecular flexibility index (Phi) is 5.93. The molecule has 0 spiro atoms. The van der Waals surface area contributed by atoms with Crippen molar-refractivity contribution in [1.29, 1.82) is 5.26 Å². The van der Waals surface area contributed by atoms with Gasteiger partial charge in [-0.1, -0.05) is 44.2 Å². The van der Waals surface area contributed by atoms with Crippen LogP contribution < -0.4 is 5.32 Å². The Morgan fingerprint density at radius 2 is 2.00 bits per heavy atom. The Bertz CT molecular complexity index is 406. The summed E-state index contributed by atoms with van der Waals surface area (Å²) in [5.41, 5.74) is 1.27. The van der Waals surface area contributed by atoms with Crippen LogP contribution in [-0.2, 0) is 11.2 Å². The summed E-state index contributed by atoms with van der Waals surface area (Å²) in [6.45, 7) is 4.40. The molecule has 1 unspecified atom stereocenters. The van der Waals surface area contributed by atoms with Crippen LogP contribution in [0.5, 0.6) is 0 Å². The molecule has 1 N–H and O–H groups in total. The number of carbonyl (C=O) groups is 1. The molecule has 3 heteroatoms. The third-order valence-corrected chi connectivity index (χ3v) is 2.87. The predicted octanol–water partition coefficient (Wildman–Crippen LogP) is 2.53. The van der Waals surface area contributed by atoms with E-state index in [1.807, 2.05) is 38.1 Å². The first-order valence-electron chi connectivity index (χ1n) is 6.36. The Morgan fingerprint density at radius 3 is 2.56 bits per heavy atom. The number of benzene rings is 1. The van der Waals surface area contributed by atoms with Gasteiger partial charge in [-0.2, -0.15) is 5.26 Å². The molecule has 1 atom stereocenters. The van der Waals surface area contributed by atoms with E-state index >= 15 is 0 Å². The highest BCUT2D eigenvalue weighted by atomic mass is 16.1. The standard InChI is InChI=1S/C15H20N2O/c1-12(2)14(11-16)15(18)17-10-6-9-13-7-4-3-5-8-13/h3-5,7-8,12,14H,6,9-10H2,1-2H3,(H,17,18). The molecule has 0 fully saturated rings. The average Bonchev–Trinajstić information content (AvgIpc) is 2.36. The summed E-state index contributed by atoms with van der Waals surface area (Å²) < 4.78 is 0. The molecule has 0 aliphatic heterocycles. The highest BCUT2D eigenvalue weighted by Gasteiger charge is 2.20. The van der Waals surface area contributed by atoms with Crippen molar-refractivity contribution >= 4 is 5.91 Å². The quantitative estimate of drug-likeness (QED) is 0.782. The van der Waals surface area contributed by atoms with Gasteiger partial charge in [-0.25, -0.2) is 0 Å². The number of nitriles is 1. The van der Waals surface area contributed by atoms with Crippen LogP contribution in [-0.4, -0.2) is 12.5 Å². The second kappa shape index (κ2) is 7.50. The van der Waals surface area contributed by atoms with Crippen LogP contribution >= 0.6 is 0 Å². The van der Waals surface area contributed by atoms with E-state index in [9.17, 15) is 4.79 Å². The topological polar surface area (TPSA) is 52.9 Å². The third kappa shape index (κ3) is 4.58. The number of nitrogens with zero attached hydrogens (tertiary/aromatic N) is 1. The van der Waals surface area contributed by atoms with Crippen molar-refractivity contribution in [2.75, 3.05) is 6.54 Å². The molecule has 1 amide bonds. The molecular weight excluding hydrogens is 224 g/mol. The van der Waals surface area contributed by atoms with Crippen molar-refractivity contribution in [2.45, 2.75) is 26.7 Å². The van der Waals surface area contributed by atoms with Crippen LogP contribution in [0.1, 0.15) is 25.8 Å². The summed E-state index contributed by atoms with van der Waals surface area (Å²) in [5, 5.41) is 11.7. The average molecular weight is 244 g/mol. The van der Waals surface area contributed by atoms with Gasteiger partial charge >= 0.3 is 0 Å². The molecule has 1 rings (SSSR count). The van der Waals surface area contributed by atoms with Crippen LogP contribution in [0.3, 0.4) is 0 Å². The van der Waals surface area contributed by atoms with Crippen LogP contribution in [0.25, 0.3) is 0 Å². The van der Waals surface area contributed by atoms with Crippen LogP contribution in [0.15, 0.2) is 30.3 Å². The molecular formula is C15H20N2O. The van der Waals surface area contributed by atoms with E-state index in [1.165, 1.54) is 5.56 Å². The number of aryl methyl sites for hydroxylation is 1. The highest BCUT2D eigenvalue weighted by molar-refractivity contribution is 5.81. The van der Waals surface area contributed by atoms with E-state index in [2.05, 4.69) is 17.4 Å². The van der Waals surface area contributed by atoms with E-state index in [0.29, 0.717) is 6.54 Å². The Hall–Kier alpha value is -1.82. The smallest absolute Gasteiger partial charge is 0.237 e. The summed E-state index contributed by atoms with van der Waals surface area (Å²) in [6.07, 6.45) is 1.84. The molecule has 96 valence electrons. The van der Waals surface area contributed by atoms with Gasteiger partial charge in [0.2, 0.25) is 5.91 Å². The molecule has 1 aromatic carbocycles. The largest absolute Gasteiger partial charge is 0.355 e. The lowest BCUT2D eigenvalue weighted by atomic mass is 9.96. The minimum Gasteiger partial charge on any atom is -0.355 e. The zero-order chi connectivity index (χ0) is 13.4. The van der Waals surface area contributed by atoms with Gasteiger partial charge in [-0.15, -0.1) is 0 Å². The Balaban J connectivity index is 2.26. The van der Waals surface area contributed by atoms with E-state index in [4.69, 9.17) is 5.26 Å². The molecule has 1 aromatic rings. The zero-order valence-electron chi connectivity index (χ0n) is 11.0. The van der Waals surface area contributed by atoms with E-state index in [1.54, 1.807) is 0 Å². The monoisotopic (exact) mass is 244 g/mol. The fourth-order valence-electron chi connectivity index (χ4n) is 1.77. The van der Waals surface area contributed by atoms with Crippen molar-refractivity contribution in [1.82, 2.24) is 5.32 Å². The Morgan fingerprint density at radius 1 is 1.33 bits per heavy atom. The number of amides is 1. The van der Waals surface area contributed by atoms with Gasteiger partial charge in [0.1, 0.15) is 5.92 Å². The number of hydrogen-bond donors (Lipinski definition) is 1. The van der Waals surface area contributed by atoms with Crippen molar-refractivity contribution in [3.63, 3.8) is 0 Å². The Labute approximate surface area is 109 Å². The summed E-state index contributed by atoms with van der Waals surface area (Å²) in [5.74, 6) is -0.633. The van der Waals surface area contributed by atoms with Gasteiger partial charge in [0.15, 0.2) is 0 Å². The lowest BCUT2D eigenvalue weighted by Gasteiger charge is -2.12. The maximum Gasteiger partial charge on any atom is 0.237 e. The third-order valence-electron chi connectivity index (χ3n) is 2.87. The lowest BCUT2D eigenvalue weighted by Crippen LogP contribution is -2.33. The summed E-state index contributed by atoms with van der Waals surface area (Å²) >= 11 is 0. The number of rotatable bonds is 6. The second-order valence-corrected chi connectivity index (χ2v) is 4.73. The molecule has 3 nitrogen and oxygen atoms in total. The SMILES string of the molecule is CC(C)C(C#N)C(=O)NCCCc1ccccc1. The molecule has 0 radical (unpaired) electrons. The van der Waals surface area contributed by atoms with Gasteiger partial charge in [0.25, 0.3) is 0 Å². The first-order valence-corrected chi connectivity index (χ1v) is 6.36. The molecule has 0 aliphatic rings. The fraction of sp³-hybridized carbons (Fsp3) is 0.467. The second-order valence-electron chi connectivity index (χ2n) is 4.73. The molecule has 0 aromatic heterocycles. The first-order chi connectivity index (χ1) is 8.65. The van der Waals surface area contributed by atoms with E-state index in [-0.39, 0.29) is 11.8 Å². The number of hydrogen-bond acceptors (Lipinski definition) is 2. The number of nitrogens with one attached hydrogen (secondary N) is 1. The molecule has 0 aliphatic carbocycles. The fourth-order valence-corrected chi connectivity index (χ4v) is 1.77. The molecule has 0 heterocycles. The first kappa shape index (κ1) is 14.2. The van der Waals surface area contributed by atoms with Crippen LogP contribution in [0.2, 0.25) is 0 Å². The molecule has 0 saturated carbocycles. The minimum absolute atomic E-state index is 0.0594. The van der Waals surface area contributed by atoms with Gasteiger partial charge in [-0.3, -0.25) is 4.79 Å². The normalized spacial score (nSPS) is 11.9. The highest BCUT2D eigenvalue weighted by Crippen LogP contribution is 2.09. The van der Waals surface area contributed by atoms with Crippen molar-refractivity contribution in [3.8, 4) is 6.07 Å². The zero-order valence-corrected chi connectivity index (χ0v) is 11.0. The van der Waals surface area contributed by atoms with Crippen molar-refractivity contribution in [2.24, 2.45) is 11.8 Å². The van der Waals surface area contributed by atoms with Gasteiger partial charge in [0, 0.05) is 6.54 Å². The van der Waals surface area contributed by atoms with Crippen LogP contribution in [0.4, 0.5) is 0 Å². The number of carbonyl (C=O) groups excluding carboxylic acids is 1. The van der Waals surface area contributed by atoms with E-state index in [0.717, 1.165) is 12.8 Å². The maximum absolute atomic E-state index is 11.7. The van der Waals surface area contributed by atoms with Crippen molar-refractivity contribution in [3.05, 3.63) is 35.9 Å². The summed E-state index contributed by atoms with van der Waals surface area (Å²) in [6, 6.07) is 12.2. The molecule has 18 heavy (non-hydrogen) atoms. The van der Waals surface area contributed by atoms with E-state index < -0.39 is 5.92 Å². The summed E-state index contributed by atoms with van der Waals surface area (Å²) in [4.78, 5) is 11.7. The van der Waals surface area contributed by atoms with Gasteiger partial charge in [0.05, 0.1) is 6.07 Å². The van der Waals surface area contributed by atoms with Crippen LogP contribution in [0, 0.1) is 23.2 Å². The predicted molar refractivity (Wildman–Crippen MR) is 71.7 cm³/mol. The minimum atomic E-state index is -0.540. The van der Waals surface area contributed by atoms with Gasteiger partial charge in [-0.05, 0) is 24.3 Å². The summed E-state index contributed by atoms with van der Waals surface area (Å²) in [7, 11) is 0. The molecule has 0 saturated heterocycles. The van der Waals surface area contributed by atoms with Crippen molar-refractivity contribution < 1.29 is 4.79 Å². The molecule has 0 bridgehead atoms. The van der Waals surface area contributed by atoms with Gasteiger partial charge < -0.3 is 5.32 Å². The maximum atomic E-state index is 11.7.